The Bertz CT molecular complexity index is 2150. The molecule has 1 atom stereocenters. The number of hydrogen-bond donors (Lipinski definition) is 0. The van der Waals surface area contributed by atoms with Crippen LogP contribution in [0.25, 0.3) is 54.5 Å². The van der Waals surface area contributed by atoms with Crippen LogP contribution in [-0.2, 0) is 7.05 Å². The third-order valence-electron chi connectivity index (χ3n) is 8.76. The van der Waals surface area contributed by atoms with Crippen LogP contribution in [0.15, 0.2) is 152 Å². The summed E-state index contributed by atoms with van der Waals surface area (Å²) in [6, 6.07) is 33.5. The Morgan fingerprint density at radius 1 is 0.837 bits per heavy atom. The van der Waals surface area contributed by atoms with Crippen molar-refractivity contribution in [3.05, 3.63) is 152 Å². The van der Waals surface area contributed by atoms with E-state index in [0.717, 1.165) is 17.8 Å². The lowest BCUT2D eigenvalue weighted by atomic mass is 9.96. The Balaban J connectivity index is 1.35. The van der Waals surface area contributed by atoms with E-state index in [4.69, 9.17) is 0 Å². The molecule has 5 aromatic carbocycles. The summed E-state index contributed by atoms with van der Waals surface area (Å²) in [5, 5.41) is 7.84. The Morgan fingerprint density at radius 3 is 2.19 bits per heavy atom. The fourth-order valence-electron chi connectivity index (χ4n) is 6.69. The number of anilines is 1. The summed E-state index contributed by atoms with van der Waals surface area (Å²) in [5.41, 5.74) is 8.36. The van der Waals surface area contributed by atoms with Crippen molar-refractivity contribution in [2.75, 3.05) is 4.90 Å². The number of benzene rings is 5. The zero-order chi connectivity index (χ0) is 29.5. The van der Waals surface area contributed by atoms with Crippen molar-refractivity contribution < 1.29 is 0 Å². The molecule has 0 N–H and O–H groups in total. The maximum atomic E-state index is 3.97. The van der Waals surface area contributed by atoms with Gasteiger partial charge < -0.3 is 9.47 Å². The first-order valence-corrected chi connectivity index (χ1v) is 15.1. The van der Waals surface area contributed by atoms with E-state index in [0.29, 0.717) is 5.92 Å². The summed E-state index contributed by atoms with van der Waals surface area (Å²) in [6.07, 6.45) is 16.1. The summed E-state index contributed by atoms with van der Waals surface area (Å²) < 4.78 is 2.38. The molecule has 0 bridgehead atoms. The molecule has 0 spiro atoms. The average molecular weight is 557 g/mol. The third kappa shape index (κ3) is 4.51. The van der Waals surface area contributed by atoms with Gasteiger partial charge >= 0.3 is 0 Å². The maximum Gasteiger partial charge on any atom is 0.0574 e. The second-order valence-corrected chi connectivity index (χ2v) is 11.5. The normalized spacial score (nSPS) is 15.7. The van der Waals surface area contributed by atoms with Crippen molar-refractivity contribution in [2.45, 2.75) is 20.3 Å². The van der Waals surface area contributed by atoms with Crippen molar-refractivity contribution in [1.29, 1.82) is 0 Å². The molecule has 0 fully saturated rings. The second kappa shape index (κ2) is 11.0. The number of rotatable bonds is 6. The molecule has 7 rings (SSSR count). The van der Waals surface area contributed by atoms with Crippen LogP contribution in [-0.4, -0.2) is 4.57 Å². The SMILES string of the molecule is C=C/C=C(\C=C/C)N(C1=CCC(C)C=C1)c1ccc(-c2ccc3c4c5ccccc5c5ccccc5c4n(C)c3c2)cc1. The highest BCUT2D eigenvalue weighted by atomic mass is 15.1. The monoisotopic (exact) mass is 556 g/mol. The number of fused-ring (bicyclic) bond motifs is 8. The predicted octanol–water partition coefficient (Wildman–Crippen LogP) is 11.2. The van der Waals surface area contributed by atoms with Crippen LogP contribution in [0.1, 0.15) is 20.3 Å². The zero-order valence-corrected chi connectivity index (χ0v) is 25.1. The number of aryl methyl sites for hydroxylation is 1. The predicted molar refractivity (Wildman–Crippen MR) is 187 cm³/mol. The molecule has 1 heterocycles. The Labute approximate surface area is 253 Å². The molecule has 210 valence electrons. The van der Waals surface area contributed by atoms with Gasteiger partial charge in [-0.05, 0) is 83.0 Å². The van der Waals surface area contributed by atoms with Gasteiger partial charge in [-0.3, -0.25) is 0 Å². The van der Waals surface area contributed by atoms with Gasteiger partial charge in [0.1, 0.15) is 0 Å². The van der Waals surface area contributed by atoms with Gasteiger partial charge in [-0.1, -0.05) is 111 Å². The minimum absolute atomic E-state index is 0.557. The van der Waals surface area contributed by atoms with E-state index in [1.54, 1.807) is 0 Å². The van der Waals surface area contributed by atoms with E-state index < -0.39 is 0 Å². The highest BCUT2D eigenvalue weighted by Gasteiger charge is 2.18. The van der Waals surface area contributed by atoms with Gasteiger partial charge in [0.15, 0.2) is 0 Å². The molecule has 1 aliphatic carbocycles. The van der Waals surface area contributed by atoms with Gasteiger partial charge in [-0.25, -0.2) is 0 Å². The molecule has 2 nitrogen and oxygen atoms in total. The molecule has 2 heteroatoms. The Morgan fingerprint density at radius 2 is 1.51 bits per heavy atom. The minimum Gasteiger partial charge on any atom is -0.343 e. The van der Waals surface area contributed by atoms with Crippen LogP contribution < -0.4 is 4.90 Å². The van der Waals surface area contributed by atoms with Crippen LogP contribution in [0, 0.1) is 5.92 Å². The van der Waals surface area contributed by atoms with E-state index >= 15 is 0 Å². The largest absolute Gasteiger partial charge is 0.343 e. The quantitative estimate of drug-likeness (QED) is 0.146. The van der Waals surface area contributed by atoms with Gasteiger partial charge in [-0.2, -0.15) is 0 Å². The van der Waals surface area contributed by atoms with Crippen LogP contribution >= 0.6 is 0 Å². The fourth-order valence-corrected chi connectivity index (χ4v) is 6.69. The lowest BCUT2D eigenvalue weighted by Crippen LogP contribution is -2.21. The Hall–Kier alpha value is -5.08. The molecule has 0 amide bonds. The first-order valence-electron chi connectivity index (χ1n) is 15.1. The molecule has 1 aliphatic rings. The van der Waals surface area contributed by atoms with Crippen molar-refractivity contribution in [2.24, 2.45) is 13.0 Å². The molecular formula is C41H36N2. The van der Waals surface area contributed by atoms with Crippen molar-refractivity contribution in [1.82, 2.24) is 4.57 Å². The topological polar surface area (TPSA) is 8.17 Å². The van der Waals surface area contributed by atoms with Crippen LogP contribution in [0.3, 0.4) is 0 Å². The smallest absolute Gasteiger partial charge is 0.0574 e. The molecular weight excluding hydrogens is 520 g/mol. The summed E-state index contributed by atoms with van der Waals surface area (Å²) in [5.74, 6) is 0.557. The number of hydrogen-bond acceptors (Lipinski definition) is 1. The lowest BCUT2D eigenvalue weighted by molar-refractivity contribution is 0.727. The van der Waals surface area contributed by atoms with E-state index in [9.17, 15) is 0 Å². The van der Waals surface area contributed by atoms with Crippen molar-refractivity contribution >= 4 is 49.0 Å². The number of nitrogens with zero attached hydrogens (tertiary/aromatic N) is 2. The molecule has 0 saturated heterocycles. The highest BCUT2D eigenvalue weighted by Crippen LogP contribution is 2.41. The van der Waals surface area contributed by atoms with E-state index in [2.05, 4.69) is 164 Å². The minimum atomic E-state index is 0.557. The van der Waals surface area contributed by atoms with Crippen LogP contribution in [0.2, 0.25) is 0 Å². The fraction of sp³-hybridized carbons (Fsp3) is 0.122. The second-order valence-electron chi connectivity index (χ2n) is 11.5. The van der Waals surface area contributed by atoms with E-state index in [-0.39, 0.29) is 0 Å². The Kier molecular flexibility index (Phi) is 6.83. The molecule has 1 aromatic heterocycles. The molecule has 6 aromatic rings. The highest BCUT2D eigenvalue weighted by molar-refractivity contribution is 6.31. The first-order chi connectivity index (χ1) is 21.1. The van der Waals surface area contributed by atoms with E-state index in [1.165, 1.54) is 60.2 Å². The molecule has 0 saturated carbocycles. The van der Waals surface area contributed by atoms with Gasteiger partial charge in [0, 0.05) is 45.8 Å². The molecule has 0 radical (unpaired) electrons. The average Bonchev–Trinajstić information content (AvgIpc) is 3.34. The van der Waals surface area contributed by atoms with Crippen molar-refractivity contribution in [3.8, 4) is 11.1 Å². The lowest BCUT2D eigenvalue weighted by Gasteiger charge is -2.29. The van der Waals surface area contributed by atoms with Crippen molar-refractivity contribution in [3.63, 3.8) is 0 Å². The number of aromatic nitrogens is 1. The summed E-state index contributed by atoms with van der Waals surface area (Å²) >= 11 is 0. The zero-order valence-electron chi connectivity index (χ0n) is 25.1. The van der Waals surface area contributed by atoms with Gasteiger partial charge in [0.2, 0.25) is 0 Å². The number of allylic oxidation sites excluding steroid dienone is 7. The maximum absolute atomic E-state index is 3.97. The van der Waals surface area contributed by atoms with E-state index in [1.807, 2.05) is 6.08 Å². The summed E-state index contributed by atoms with van der Waals surface area (Å²) in [7, 11) is 2.21. The van der Waals surface area contributed by atoms with Gasteiger partial charge in [0.05, 0.1) is 5.52 Å². The molecule has 1 unspecified atom stereocenters. The first kappa shape index (κ1) is 26.8. The summed E-state index contributed by atoms with van der Waals surface area (Å²) in [4.78, 5) is 2.32. The third-order valence-corrected chi connectivity index (χ3v) is 8.76. The summed E-state index contributed by atoms with van der Waals surface area (Å²) in [6.45, 7) is 8.29. The van der Waals surface area contributed by atoms with Gasteiger partial charge in [0.25, 0.3) is 0 Å². The molecule has 0 aliphatic heterocycles. The van der Waals surface area contributed by atoms with Gasteiger partial charge in [-0.15, -0.1) is 0 Å². The van der Waals surface area contributed by atoms with Crippen LogP contribution in [0.5, 0.6) is 0 Å². The molecule has 43 heavy (non-hydrogen) atoms. The standard InChI is InChI=1S/C41H36N2/c1-5-11-31(12-6-2)43(32-22-17-28(3)18-23-32)33-24-19-29(20-25-33)30-21-26-38-39(27-30)42(4)41-37-16-10-8-14-35(37)34-13-7-9-15-36(34)40(38)41/h5-17,19-28H,1,18H2,2-4H3/b12-6-,31-11+. The van der Waals surface area contributed by atoms with Crippen LogP contribution in [0.4, 0.5) is 5.69 Å².